The lowest BCUT2D eigenvalue weighted by Crippen LogP contribution is -2.37. The van der Waals surface area contributed by atoms with Crippen LogP contribution in [0.5, 0.6) is 0 Å². The molecule has 1 N–H and O–H groups in total. The Morgan fingerprint density at radius 1 is 0.585 bits per heavy atom. The van der Waals surface area contributed by atoms with Crippen LogP contribution >= 0.6 is 58.0 Å². The van der Waals surface area contributed by atoms with Gasteiger partial charge in [-0.1, -0.05) is 155 Å². The average Bonchev–Trinajstić information content (AvgIpc) is 3.74. The van der Waals surface area contributed by atoms with Crippen molar-refractivity contribution >= 4 is 58.0 Å². The Labute approximate surface area is 264 Å². The quantitative estimate of drug-likeness (QED) is 0.154. The first-order valence-corrected chi connectivity index (χ1v) is 14.3. The minimum absolute atomic E-state index is 0.465. The summed E-state index contributed by atoms with van der Waals surface area (Å²) in [5, 5.41) is 1.19. The van der Waals surface area contributed by atoms with Crippen molar-refractivity contribution in [1.82, 2.24) is 19.5 Å². The van der Waals surface area contributed by atoms with E-state index in [1.165, 1.54) is 0 Å². The molecule has 6 aromatic rings. The number of alkyl halides is 3. The molecule has 4 aromatic carbocycles. The minimum atomic E-state index is -1.43. The molecule has 0 unspecified atom stereocenters. The van der Waals surface area contributed by atoms with Crippen LogP contribution in [0.25, 0.3) is 0 Å². The fraction of sp³-hybridized carbons (Fsp3) is 0.0625. The standard InChI is InChI=1S/C22H17ClN2.C7H4Cl4.C3H4N2/c23-21-14-8-7-13-20(21)22(25-16-15-24-17-25,18-9-3-1-4-10-18)19-11-5-2-6-12-19;8-6-4-2-1-3-5(6)7(9,10)11;1-2-5-3-4-1/h1-17H;1-4H;1-3H,(H,4,5). The van der Waals surface area contributed by atoms with Crippen LogP contribution in [0.3, 0.4) is 0 Å². The number of halogens is 5. The summed E-state index contributed by atoms with van der Waals surface area (Å²) in [5.41, 5.74) is 3.20. The summed E-state index contributed by atoms with van der Waals surface area (Å²) in [6.07, 6.45) is 10.7. The van der Waals surface area contributed by atoms with Crippen LogP contribution in [-0.2, 0) is 9.33 Å². The number of aromatic amines is 1. The summed E-state index contributed by atoms with van der Waals surface area (Å²) in [6, 6.07) is 35.7. The van der Waals surface area contributed by atoms with Crippen LogP contribution in [0.2, 0.25) is 10.0 Å². The van der Waals surface area contributed by atoms with E-state index < -0.39 is 9.33 Å². The Kier molecular flexibility index (Phi) is 10.9. The van der Waals surface area contributed by atoms with Crippen molar-refractivity contribution in [3.8, 4) is 0 Å². The molecule has 0 saturated carbocycles. The lowest BCUT2D eigenvalue weighted by atomic mass is 9.76. The smallest absolute Gasteiger partial charge is 0.217 e. The van der Waals surface area contributed by atoms with E-state index in [-0.39, 0.29) is 0 Å². The number of hydrogen-bond donors (Lipinski definition) is 1. The zero-order valence-corrected chi connectivity index (χ0v) is 25.4. The summed E-state index contributed by atoms with van der Waals surface area (Å²) in [6.45, 7) is 0. The van der Waals surface area contributed by atoms with E-state index in [9.17, 15) is 0 Å². The Bertz CT molecular complexity index is 1530. The summed E-state index contributed by atoms with van der Waals surface area (Å²) >= 11 is 29.3. The van der Waals surface area contributed by atoms with Crippen molar-refractivity contribution in [2.45, 2.75) is 9.33 Å². The fourth-order valence-electron chi connectivity index (χ4n) is 4.39. The summed E-state index contributed by atoms with van der Waals surface area (Å²) in [7, 11) is 0. The second-order valence-electron chi connectivity index (χ2n) is 8.63. The number of H-pyrrole nitrogens is 1. The fourth-order valence-corrected chi connectivity index (χ4v) is 5.58. The maximum absolute atomic E-state index is 6.69. The Hall–Kier alpha value is -3.25. The monoisotopic (exact) mass is 640 g/mol. The van der Waals surface area contributed by atoms with Gasteiger partial charge in [-0.2, -0.15) is 0 Å². The second-order valence-corrected chi connectivity index (χ2v) is 11.7. The van der Waals surface area contributed by atoms with Gasteiger partial charge in [-0.3, -0.25) is 0 Å². The van der Waals surface area contributed by atoms with Crippen LogP contribution in [-0.4, -0.2) is 19.5 Å². The molecule has 2 aromatic heterocycles. The number of imidazole rings is 2. The van der Waals surface area contributed by atoms with Crippen molar-refractivity contribution in [3.05, 3.63) is 179 Å². The Morgan fingerprint density at radius 3 is 1.46 bits per heavy atom. The maximum atomic E-state index is 6.69. The molecule has 6 rings (SSSR count). The Balaban J connectivity index is 0.000000198. The SMILES string of the molecule is Clc1ccccc1C(Cl)(Cl)Cl.Clc1ccccc1C(c1ccccc1)(c1ccccc1)n1ccnc1.c1c[nH]cn1. The van der Waals surface area contributed by atoms with E-state index in [0.717, 1.165) is 21.7 Å². The highest BCUT2D eigenvalue weighted by Gasteiger charge is 2.39. The van der Waals surface area contributed by atoms with Gasteiger partial charge in [-0.25, -0.2) is 9.97 Å². The first-order chi connectivity index (χ1) is 19.8. The number of rotatable bonds is 4. The van der Waals surface area contributed by atoms with E-state index in [0.29, 0.717) is 10.6 Å². The van der Waals surface area contributed by atoms with Crippen molar-refractivity contribution in [2.75, 3.05) is 0 Å². The molecule has 4 nitrogen and oxygen atoms in total. The van der Waals surface area contributed by atoms with Crippen molar-refractivity contribution < 1.29 is 0 Å². The normalized spacial score (nSPS) is 11.0. The van der Waals surface area contributed by atoms with E-state index in [2.05, 4.69) is 74.1 Å². The van der Waals surface area contributed by atoms with Gasteiger partial charge in [-0.05, 0) is 23.3 Å². The molecule has 0 radical (unpaired) electrons. The zero-order chi connectivity index (χ0) is 29.1. The van der Waals surface area contributed by atoms with Gasteiger partial charge in [0.2, 0.25) is 3.79 Å². The van der Waals surface area contributed by atoms with Crippen molar-refractivity contribution in [3.63, 3.8) is 0 Å². The van der Waals surface area contributed by atoms with Crippen LogP contribution in [0.1, 0.15) is 22.3 Å². The van der Waals surface area contributed by atoms with E-state index in [1.54, 1.807) is 49.2 Å². The average molecular weight is 643 g/mol. The molecule has 0 atom stereocenters. The van der Waals surface area contributed by atoms with Gasteiger partial charge in [-0.15, -0.1) is 0 Å². The Morgan fingerprint density at radius 2 is 1.10 bits per heavy atom. The molecule has 0 aliphatic heterocycles. The predicted molar refractivity (Wildman–Crippen MR) is 171 cm³/mol. The van der Waals surface area contributed by atoms with Gasteiger partial charge in [0, 0.05) is 46.0 Å². The predicted octanol–water partition coefficient (Wildman–Crippen LogP) is 9.95. The molecule has 0 saturated heterocycles. The van der Waals surface area contributed by atoms with E-state index >= 15 is 0 Å². The highest BCUT2D eigenvalue weighted by molar-refractivity contribution is 6.67. The van der Waals surface area contributed by atoms with Gasteiger partial charge >= 0.3 is 0 Å². The first kappa shape index (κ1) is 30.7. The maximum Gasteiger partial charge on any atom is 0.217 e. The lowest BCUT2D eigenvalue weighted by Gasteiger charge is -2.37. The summed E-state index contributed by atoms with van der Waals surface area (Å²) in [4.78, 5) is 10.7. The van der Waals surface area contributed by atoms with Crippen molar-refractivity contribution in [1.29, 1.82) is 0 Å². The molecule has 2 heterocycles. The topological polar surface area (TPSA) is 46.5 Å². The molecular formula is C32H25Cl5N4. The first-order valence-electron chi connectivity index (χ1n) is 12.4. The molecule has 0 bridgehead atoms. The summed E-state index contributed by atoms with van der Waals surface area (Å²) in [5.74, 6) is 0. The molecule has 0 fully saturated rings. The highest BCUT2D eigenvalue weighted by atomic mass is 35.6. The van der Waals surface area contributed by atoms with E-state index in [4.69, 9.17) is 58.0 Å². The second kappa shape index (κ2) is 14.6. The zero-order valence-electron chi connectivity index (χ0n) is 21.6. The van der Waals surface area contributed by atoms with Gasteiger partial charge in [0.15, 0.2) is 0 Å². The number of aromatic nitrogens is 4. The molecule has 9 heteroatoms. The van der Waals surface area contributed by atoms with Crippen LogP contribution in [0.15, 0.2) is 147 Å². The molecule has 0 aliphatic carbocycles. The third-order valence-electron chi connectivity index (χ3n) is 6.12. The van der Waals surface area contributed by atoms with Crippen LogP contribution in [0.4, 0.5) is 0 Å². The molecule has 0 amide bonds. The largest absolute Gasteiger partial charge is 0.351 e. The van der Waals surface area contributed by atoms with Gasteiger partial charge in [0.1, 0.15) is 5.54 Å². The minimum Gasteiger partial charge on any atom is -0.351 e. The third-order valence-corrected chi connectivity index (χ3v) is 7.39. The van der Waals surface area contributed by atoms with Gasteiger partial charge < -0.3 is 9.55 Å². The molecule has 0 aliphatic rings. The third kappa shape index (κ3) is 7.53. The highest BCUT2D eigenvalue weighted by Crippen LogP contribution is 2.43. The summed E-state index contributed by atoms with van der Waals surface area (Å²) < 4.78 is 0.692. The van der Waals surface area contributed by atoms with Crippen LogP contribution < -0.4 is 0 Å². The molecule has 41 heavy (non-hydrogen) atoms. The number of hydrogen-bond acceptors (Lipinski definition) is 2. The molecular weight excluding hydrogens is 618 g/mol. The molecule has 0 spiro atoms. The van der Waals surface area contributed by atoms with Gasteiger partial charge in [0.05, 0.1) is 12.7 Å². The van der Waals surface area contributed by atoms with E-state index in [1.807, 2.05) is 42.9 Å². The number of nitrogens with zero attached hydrogens (tertiary/aromatic N) is 3. The number of nitrogens with one attached hydrogen (secondary N) is 1. The van der Waals surface area contributed by atoms with Gasteiger partial charge in [0.25, 0.3) is 0 Å². The molecule has 208 valence electrons. The van der Waals surface area contributed by atoms with Crippen LogP contribution in [0, 0.1) is 0 Å². The lowest BCUT2D eigenvalue weighted by molar-refractivity contribution is 0.515. The number of benzene rings is 4. The van der Waals surface area contributed by atoms with Crippen molar-refractivity contribution in [2.24, 2.45) is 0 Å².